The number of H-pyrrole nitrogens is 1. The van der Waals surface area contributed by atoms with Crippen LogP contribution < -0.4 is 4.74 Å². The average molecular weight is 407 g/mol. The molecule has 0 bridgehead atoms. The summed E-state index contributed by atoms with van der Waals surface area (Å²) < 4.78 is 22.1. The standard InChI is InChI=1S/C18H19ClN4O5/c1-8-4-9(23-28-8)2-3-11-10(19)5-12-17(20-11)22-18(21-12)27-14-7-26-15-13(24)6-25-16(14)15/h4-5,13-16,24H,2-3,6-7H2,1H3,(H,20,21,22)/t13-,14-,15-,16-/m1/s1. The summed E-state index contributed by atoms with van der Waals surface area (Å²) in [4.78, 5) is 12.0. The lowest BCUT2D eigenvalue weighted by Gasteiger charge is -2.15. The molecule has 0 radical (unpaired) electrons. The molecular weight excluding hydrogens is 388 g/mol. The van der Waals surface area contributed by atoms with Crippen molar-refractivity contribution in [3.63, 3.8) is 0 Å². The Morgan fingerprint density at radius 3 is 2.89 bits per heavy atom. The molecule has 28 heavy (non-hydrogen) atoms. The summed E-state index contributed by atoms with van der Waals surface area (Å²) in [5.74, 6) is 0.774. The number of halogens is 1. The molecule has 5 heterocycles. The molecule has 3 aromatic heterocycles. The molecule has 5 rings (SSSR count). The minimum Gasteiger partial charge on any atom is -0.456 e. The number of aryl methyl sites for hydroxylation is 3. The maximum Gasteiger partial charge on any atom is 0.296 e. The SMILES string of the molecule is Cc1cc(CCc2nc3nc(O[C@@H]4CO[C@H]5[C@@H]4OC[C@H]5O)[nH]c3cc2Cl)no1. The normalized spacial score (nSPS) is 26.8. The Labute approximate surface area is 164 Å². The van der Waals surface area contributed by atoms with Crippen LogP contribution in [0.4, 0.5) is 0 Å². The number of hydrogen-bond acceptors (Lipinski definition) is 8. The van der Waals surface area contributed by atoms with Crippen LogP contribution in [0.15, 0.2) is 16.7 Å². The van der Waals surface area contributed by atoms with Gasteiger partial charge in [-0.3, -0.25) is 0 Å². The molecule has 3 aromatic rings. The highest BCUT2D eigenvalue weighted by atomic mass is 35.5. The van der Waals surface area contributed by atoms with Crippen molar-refractivity contribution < 1.29 is 23.8 Å². The van der Waals surface area contributed by atoms with Crippen LogP contribution in [-0.4, -0.2) is 62.8 Å². The fraction of sp³-hybridized carbons (Fsp3) is 0.500. The lowest BCUT2D eigenvalue weighted by atomic mass is 10.1. The molecule has 0 aliphatic carbocycles. The van der Waals surface area contributed by atoms with Crippen molar-refractivity contribution in [3.05, 3.63) is 34.3 Å². The van der Waals surface area contributed by atoms with Gasteiger partial charge in [-0.05, 0) is 25.8 Å². The van der Waals surface area contributed by atoms with E-state index in [-0.39, 0.29) is 24.9 Å². The molecule has 9 nitrogen and oxygen atoms in total. The van der Waals surface area contributed by atoms with E-state index < -0.39 is 6.10 Å². The van der Waals surface area contributed by atoms with E-state index in [0.29, 0.717) is 41.6 Å². The van der Waals surface area contributed by atoms with Crippen LogP contribution in [0.3, 0.4) is 0 Å². The number of aliphatic hydroxyl groups excluding tert-OH is 1. The number of pyridine rings is 1. The van der Waals surface area contributed by atoms with Crippen molar-refractivity contribution >= 4 is 22.8 Å². The Bertz CT molecular complexity index is 1010. The first-order chi connectivity index (χ1) is 13.6. The van der Waals surface area contributed by atoms with Gasteiger partial charge >= 0.3 is 0 Å². The van der Waals surface area contributed by atoms with Crippen molar-refractivity contribution in [1.29, 1.82) is 0 Å². The summed E-state index contributed by atoms with van der Waals surface area (Å²) in [6, 6.07) is 4.00. The fourth-order valence-electron chi connectivity index (χ4n) is 3.63. The zero-order chi connectivity index (χ0) is 19.3. The van der Waals surface area contributed by atoms with E-state index in [9.17, 15) is 5.11 Å². The maximum absolute atomic E-state index is 9.83. The summed E-state index contributed by atoms with van der Waals surface area (Å²) in [6.45, 7) is 2.44. The zero-order valence-electron chi connectivity index (χ0n) is 15.1. The number of nitrogens with one attached hydrogen (secondary N) is 1. The Kier molecular flexibility index (Phi) is 4.47. The number of imidazole rings is 1. The van der Waals surface area contributed by atoms with Gasteiger partial charge in [0.2, 0.25) is 0 Å². The van der Waals surface area contributed by atoms with Gasteiger partial charge in [0.1, 0.15) is 24.1 Å². The predicted octanol–water partition coefficient (Wildman–Crippen LogP) is 1.60. The topological polar surface area (TPSA) is 116 Å². The summed E-state index contributed by atoms with van der Waals surface area (Å²) in [7, 11) is 0. The monoisotopic (exact) mass is 406 g/mol. The lowest BCUT2D eigenvalue weighted by molar-refractivity contribution is 0.00706. The van der Waals surface area contributed by atoms with Crippen LogP contribution in [0, 0.1) is 6.92 Å². The third-order valence-electron chi connectivity index (χ3n) is 5.02. The minimum atomic E-state index is -0.620. The summed E-state index contributed by atoms with van der Waals surface area (Å²) in [5.41, 5.74) is 2.80. The fourth-order valence-corrected chi connectivity index (χ4v) is 3.88. The van der Waals surface area contributed by atoms with Gasteiger partial charge in [-0.1, -0.05) is 16.8 Å². The van der Waals surface area contributed by atoms with Gasteiger partial charge in [-0.25, -0.2) is 4.98 Å². The highest BCUT2D eigenvalue weighted by Crippen LogP contribution is 2.30. The van der Waals surface area contributed by atoms with E-state index in [1.54, 1.807) is 6.07 Å². The molecule has 2 N–H and O–H groups in total. The Balaban J connectivity index is 1.32. The molecule has 2 aliphatic rings. The van der Waals surface area contributed by atoms with E-state index in [1.165, 1.54) is 0 Å². The summed E-state index contributed by atoms with van der Waals surface area (Å²) in [6.07, 6.45) is -0.324. The second-order valence-electron chi connectivity index (χ2n) is 7.08. The number of hydrogen-bond donors (Lipinski definition) is 2. The molecule has 0 spiro atoms. The first-order valence-corrected chi connectivity index (χ1v) is 9.50. The molecule has 2 saturated heterocycles. The van der Waals surface area contributed by atoms with Crippen molar-refractivity contribution in [2.75, 3.05) is 13.2 Å². The summed E-state index contributed by atoms with van der Waals surface area (Å²) in [5, 5.41) is 14.4. The average Bonchev–Trinajstić information content (AvgIpc) is 3.41. The third-order valence-corrected chi connectivity index (χ3v) is 5.34. The van der Waals surface area contributed by atoms with E-state index in [0.717, 1.165) is 17.1 Å². The lowest BCUT2D eigenvalue weighted by Crippen LogP contribution is -2.34. The molecule has 2 fully saturated rings. The van der Waals surface area contributed by atoms with Gasteiger partial charge < -0.3 is 28.8 Å². The second-order valence-corrected chi connectivity index (χ2v) is 7.49. The van der Waals surface area contributed by atoms with Crippen LogP contribution >= 0.6 is 11.6 Å². The number of aromatic amines is 1. The number of ether oxygens (including phenoxy) is 3. The second kappa shape index (κ2) is 7.00. The molecule has 4 atom stereocenters. The maximum atomic E-state index is 9.83. The first-order valence-electron chi connectivity index (χ1n) is 9.12. The molecule has 0 saturated carbocycles. The Morgan fingerprint density at radius 2 is 2.07 bits per heavy atom. The molecular formula is C18H19ClN4O5. The largest absolute Gasteiger partial charge is 0.456 e. The Hall–Kier alpha value is -2.20. The molecule has 148 valence electrons. The van der Waals surface area contributed by atoms with Gasteiger partial charge in [0, 0.05) is 6.07 Å². The third kappa shape index (κ3) is 3.24. The van der Waals surface area contributed by atoms with Crippen LogP contribution in [0.5, 0.6) is 6.01 Å². The predicted molar refractivity (Wildman–Crippen MR) is 97.4 cm³/mol. The van der Waals surface area contributed by atoms with Crippen molar-refractivity contribution in [3.8, 4) is 6.01 Å². The number of rotatable bonds is 5. The molecule has 10 heteroatoms. The van der Waals surface area contributed by atoms with Crippen LogP contribution in [0.2, 0.25) is 5.02 Å². The quantitative estimate of drug-likeness (QED) is 0.656. The van der Waals surface area contributed by atoms with Crippen LogP contribution in [0.25, 0.3) is 11.2 Å². The zero-order valence-corrected chi connectivity index (χ0v) is 15.8. The van der Waals surface area contributed by atoms with E-state index in [1.807, 2.05) is 13.0 Å². The number of fused-ring (bicyclic) bond motifs is 2. The van der Waals surface area contributed by atoms with Crippen molar-refractivity contribution in [2.45, 2.75) is 44.2 Å². The summed E-state index contributed by atoms with van der Waals surface area (Å²) >= 11 is 6.38. The van der Waals surface area contributed by atoms with E-state index in [2.05, 4.69) is 20.1 Å². The van der Waals surface area contributed by atoms with Gasteiger partial charge in [0.25, 0.3) is 6.01 Å². The van der Waals surface area contributed by atoms with Gasteiger partial charge in [-0.2, -0.15) is 4.98 Å². The number of aliphatic hydroxyl groups is 1. The highest BCUT2D eigenvalue weighted by Gasteiger charge is 2.48. The number of aromatic nitrogens is 4. The minimum absolute atomic E-state index is 0.251. The van der Waals surface area contributed by atoms with E-state index >= 15 is 0 Å². The molecule has 2 aliphatic heterocycles. The molecule has 0 unspecified atom stereocenters. The number of nitrogens with zero attached hydrogens (tertiary/aromatic N) is 3. The van der Waals surface area contributed by atoms with Crippen LogP contribution in [0.1, 0.15) is 17.1 Å². The smallest absolute Gasteiger partial charge is 0.296 e. The first kappa shape index (κ1) is 17.9. The Morgan fingerprint density at radius 1 is 1.21 bits per heavy atom. The van der Waals surface area contributed by atoms with Gasteiger partial charge in [0.05, 0.1) is 35.1 Å². The van der Waals surface area contributed by atoms with Crippen molar-refractivity contribution in [2.24, 2.45) is 0 Å². The highest BCUT2D eigenvalue weighted by molar-refractivity contribution is 6.31. The van der Waals surface area contributed by atoms with Crippen molar-refractivity contribution in [1.82, 2.24) is 20.1 Å². The van der Waals surface area contributed by atoms with Gasteiger partial charge in [-0.15, -0.1) is 0 Å². The molecule has 0 amide bonds. The van der Waals surface area contributed by atoms with Crippen LogP contribution in [-0.2, 0) is 22.3 Å². The molecule has 0 aromatic carbocycles. The van der Waals surface area contributed by atoms with E-state index in [4.69, 9.17) is 30.3 Å². The van der Waals surface area contributed by atoms with Gasteiger partial charge in [0.15, 0.2) is 11.8 Å².